The number of nitrogens with zero attached hydrogens (tertiary/aromatic N) is 1. The lowest BCUT2D eigenvalue weighted by Gasteiger charge is -2.17. The average molecular weight is 259 g/mol. The van der Waals surface area contributed by atoms with Crippen molar-refractivity contribution in [2.45, 2.75) is 6.04 Å². The number of hydrogen-bond acceptors (Lipinski definition) is 5. The minimum atomic E-state index is -0.194. The first-order valence-corrected chi connectivity index (χ1v) is 5.89. The summed E-state index contributed by atoms with van der Waals surface area (Å²) in [4.78, 5) is 4.31. The monoisotopic (exact) mass is 259 g/mol. The molecule has 1 atom stereocenters. The Labute approximate surface area is 112 Å². The lowest BCUT2D eigenvalue weighted by molar-refractivity contribution is 0.354. The summed E-state index contributed by atoms with van der Waals surface area (Å²) in [6, 6.07) is 11.2. The molecule has 1 unspecified atom stereocenters. The number of benzene rings is 1. The van der Waals surface area contributed by atoms with Crippen LogP contribution in [0.15, 0.2) is 42.6 Å². The minimum absolute atomic E-state index is 0.194. The van der Waals surface area contributed by atoms with Gasteiger partial charge in [0.15, 0.2) is 11.5 Å². The fourth-order valence-corrected chi connectivity index (χ4v) is 1.93. The summed E-state index contributed by atoms with van der Waals surface area (Å²) < 4.78 is 10.5. The van der Waals surface area contributed by atoms with Crippen LogP contribution in [-0.4, -0.2) is 19.2 Å². The van der Waals surface area contributed by atoms with Crippen LogP contribution in [0.5, 0.6) is 11.5 Å². The zero-order valence-corrected chi connectivity index (χ0v) is 11.0. The molecule has 0 aliphatic carbocycles. The second kappa shape index (κ2) is 6.17. The molecule has 1 aromatic heterocycles. The second-order valence-corrected chi connectivity index (χ2v) is 3.97. The van der Waals surface area contributed by atoms with Gasteiger partial charge in [0.1, 0.15) is 0 Å². The lowest BCUT2D eigenvalue weighted by atomic mass is 10.0. The number of rotatable bonds is 5. The van der Waals surface area contributed by atoms with Crippen LogP contribution < -0.4 is 20.7 Å². The molecule has 1 heterocycles. The fourth-order valence-electron chi connectivity index (χ4n) is 1.93. The van der Waals surface area contributed by atoms with E-state index < -0.39 is 0 Å². The summed E-state index contributed by atoms with van der Waals surface area (Å²) in [5, 5.41) is 0. The van der Waals surface area contributed by atoms with Crippen LogP contribution in [0.25, 0.3) is 0 Å². The van der Waals surface area contributed by atoms with E-state index >= 15 is 0 Å². The second-order valence-electron chi connectivity index (χ2n) is 3.97. The van der Waals surface area contributed by atoms with Gasteiger partial charge in [-0.15, -0.1) is 0 Å². The highest BCUT2D eigenvalue weighted by Gasteiger charge is 2.15. The van der Waals surface area contributed by atoms with Gasteiger partial charge >= 0.3 is 0 Å². The molecule has 0 amide bonds. The van der Waals surface area contributed by atoms with Crippen LogP contribution in [-0.2, 0) is 0 Å². The van der Waals surface area contributed by atoms with E-state index in [1.165, 1.54) is 0 Å². The van der Waals surface area contributed by atoms with Crippen LogP contribution in [0.1, 0.15) is 17.3 Å². The van der Waals surface area contributed by atoms with Crippen molar-refractivity contribution in [3.63, 3.8) is 0 Å². The van der Waals surface area contributed by atoms with Crippen LogP contribution in [0.4, 0.5) is 0 Å². The number of methoxy groups -OCH3 is 2. The molecule has 0 saturated carbocycles. The predicted octanol–water partition coefficient (Wildman–Crippen LogP) is 1.65. The molecule has 19 heavy (non-hydrogen) atoms. The van der Waals surface area contributed by atoms with Crippen LogP contribution in [0.3, 0.4) is 0 Å². The summed E-state index contributed by atoms with van der Waals surface area (Å²) >= 11 is 0. The van der Waals surface area contributed by atoms with Crippen molar-refractivity contribution in [3.8, 4) is 11.5 Å². The van der Waals surface area contributed by atoms with Gasteiger partial charge in [-0.2, -0.15) is 0 Å². The molecule has 0 aliphatic rings. The van der Waals surface area contributed by atoms with E-state index in [0.29, 0.717) is 11.5 Å². The van der Waals surface area contributed by atoms with Crippen molar-refractivity contribution in [1.29, 1.82) is 0 Å². The van der Waals surface area contributed by atoms with Crippen molar-refractivity contribution >= 4 is 0 Å². The van der Waals surface area contributed by atoms with Crippen molar-refractivity contribution in [2.75, 3.05) is 14.2 Å². The first kappa shape index (κ1) is 13.3. The number of nitrogens with two attached hydrogens (primary N) is 1. The zero-order valence-electron chi connectivity index (χ0n) is 11.0. The number of aromatic nitrogens is 1. The molecule has 2 aromatic rings. The van der Waals surface area contributed by atoms with E-state index in [-0.39, 0.29) is 6.04 Å². The third kappa shape index (κ3) is 2.83. The van der Waals surface area contributed by atoms with Gasteiger partial charge in [0.25, 0.3) is 0 Å². The fraction of sp³-hybridized carbons (Fsp3) is 0.214. The molecule has 1 aromatic carbocycles. The maximum atomic E-state index is 5.64. The van der Waals surface area contributed by atoms with E-state index in [2.05, 4.69) is 10.4 Å². The van der Waals surface area contributed by atoms with E-state index in [0.717, 1.165) is 11.3 Å². The van der Waals surface area contributed by atoms with Gasteiger partial charge in [0.05, 0.1) is 26.0 Å². The Kier molecular flexibility index (Phi) is 4.33. The third-order valence-electron chi connectivity index (χ3n) is 2.89. The maximum Gasteiger partial charge on any atom is 0.161 e. The summed E-state index contributed by atoms with van der Waals surface area (Å²) in [5.74, 6) is 6.98. The van der Waals surface area contributed by atoms with Crippen LogP contribution >= 0.6 is 0 Å². The molecule has 100 valence electrons. The Morgan fingerprint density at radius 3 is 2.47 bits per heavy atom. The van der Waals surface area contributed by atoms with E-state index in [9.17, 15) is 0 Å². The number of ether oxygens (including phenoxy) is 2. The molecule has 5 heteroatoms. The largest absolute Gasteiger partial charge is 0.493 e. The summed E-state index contributed by atoms with van der Waals surface area (Å²) in [7, 11) is 3.21. The zero-order chi connectivity index (χ0) is 13.7. The van der Waals surface area contributed by atoms with Gasteiger partial charge in [-0.3, -0.25) is 10.8 Å². The molecule has 0 bridgehead atoms. The molecule has 0 saturated heterocycles. The van der Waals surface area contributed by atoms with Crippen molar-refractivity contribution in [2.24, 2.45) is 5.84 Å². The molecule has 0 radical (unpaired) electrons. The molecule has 0 spiro atoms. The Morgan fingerprint density at radius 1 is 1.11 bits per heavy atom. The number of pyridine rings is 1. The van der Waals surface area contributed by atoms with Gasteiger partial charge in [0, 0.05) is 6.20 Å². The van der Waals surface area contributed by atoms with Gasteiger partial charge in [-0.05, 0) is 29.8 Å². The topological polar surface area (TPSA) is 69.4 Å². The van der Waals surface area contributed by atoms with Gasteiger partial charge in [0.2, 0.25) is 0 Å². The Bertz CT molecular complexity index is 531. The van der Waals surface area contributed by atoms with Crippen molar-refractivity contribution in [1.82, 2.24) is 10.4 Å². The first-order valence-electron chi connectivity index (χ1n) is 5.89. The highest BCUT2D eigenvalue weighted by Crippen LogP contribution is 2.31. The molecular weight excluding hydrogens is 242 g/mol. The summed E-state index contributed by atoms with van der Waals surface area (Å²) in [5.41, 5.74) is 4.57. The third-order valence-corrected chi connectivity index (χ3v) is 2.89. The highest BCUT2D eigenvalue weighted by atomic mass is 16.5. The Balaban J connectivity index is 2.39. The highest BCUT2D eigenvalue weighted by molar-refractivity contribution is 5.45. The Morgan fingerprint density at radius 2 is 1.89 bits per heavy atom. The van der Waals surface area contributed by atoms with Gasteiger partial charge in [-0.25, -0.2) is 5.43 Å². The van der Waals surface area contributed by atoms with Crippen LogP contribution in [0.2, 0.25) is 0 Å². The Hall–Kier alpha value is -2.11. The van der Waals surface area contributed by atoms with E-state index in [1.807, 2.05) is 36.4 Å². The predicted molar refractivity (Wildman–Crippen MR) is 72.9 cm³/mol. The molecule has 0 aliphatic heterocycles. The average Bonchev–Trinajstić information content (AvgIpc) is 2.49. The standard InChI is InChI=1S/C14H17N3O2/c1-18-12-7-6-10(9-13(12)19-2)14(17-15)11-5-3-4-8-16-11/h3-9,14,17H,15H2,1-2H3. The summed E-state index contributed by atoms with van der Waals surface area (Å²) in [6.45, 7) is 0. The van der Waals surface area contributed by atoms with E-state index in [4.69, 9.17) is 15.3 Å². The summed E-state index contributed by atoms with van der Waals surface area (Å²) in [6.07, 6.45) is 1.74. The minimum Gasteiger partial charge on any atom is -0.493 e. The maximum absolute atomic E-state index is 5.64. The molecule has 5 nitrogen and oxygen atoms in total. The van der Waals surface area contributed by atoms with Gasteiger partial charge < -0.3 is 9.47 Å². The molecular formula is C14H17N3O2. The number of nitrogens with one attached hydrogen (secondary N) is 1. The quantitative estimate of drug-likeness (QED) is 0.631. The van der Waals surface area contributed by atoms with Crippen molar-refractivity contribution in [3.05, 3.63) is 53.9 Å². The molecule has 3 N–H and O–H groups in total. The first-order chi connectivity index (χ1) is 9.30. The van der Waals surface area contributed by atoms with E-state index in [1.54, 1.807) is 20.4 Å². The van der Waals surface area contributed by atoms with Gasteiger partial charge in [-0.1, -0.05) is 12.1 Å². The van der Waals surface area contributed by atoms with Crippen LogP contribution in [0, 0.1) is 0 Å². The SMILES string of the molecule is COc1ccc(C(NN)c2ccccn2)cc1OC. The smallest absolute Gasteiger partial charge is 0.161 e. The molecule has 0 fully saturated rings. The van der Waals surface area contributed by atoms with Crippen molar-refractivity contribution < 1.29 is 9.47 Å². The molecule has 2 rings (SSSR count). The number of hydrogen-bond donors (Lipinski definition) is 2. The number of hydrazine groups is 1. The normalized spacial score (nSPS) is 11.9. The lowest BCUT2D eigenvalue weighted by Crippen LogP contribution is -2.29.